The monoisotopic (exact) mass is 406 g/mol. The largest absolute Gasteiger partial charge is 0.493 e. The van der Waals surface area contributed by atoms with Crippen molar-refractivity contribution < 1.29 is 23.8 Å². The Balaban J connectivity index is 1.63. The fraction of sp³-hybridized carbons (Fsp3) is 0.300. The molecule has 0 fully saturated rings. The Morgan fingerprint density at radius 2 is 1.64 bits per heavy atom. The maximum absolute atomic E-state index is 12.0. The average Bonchev–Trinajstić information content (AvgIpc) is 2.71. The van der Waals surface area contributed by atoms with E-state index in [0.29, 0.717) is 22.3 Å². The molecule has 1 atom stereocenters. The lowest BCUT2D eigenvalue weighted by molar-refractivity contribution is -0.127. The molecule has 0 aliphatic heterocycles. The number of ether oxygens (including phenoxy) is 3. The van der Waals surface area contributed by atoms with Crippen LogP contribution in [0.1, 0.15) is 6.92 Å². The van der Waals surface area contributed by atoms with Crippen molar-refractivity contribution in [2.75, 3.05) is 26.8 Å². The van der Waals surface area contributed by atoms with Crippen LogP contribution in [0.15, 0.2) is 48.5 Å². The second kappa shape index (κ2) is 11.0. The van der Waals surface area contributed by atoms with E-state index >= 15 is 0 Å². The van der Waals surface area contributed by atoms with Gasteiger partial charge in [0, 0.05) is 18.1 Å². The molecule has 2 rings (SSSR count). The Bertz CT molecular complexity index is 782. The number of benzene rings is 2. The summed E-state index contributed by atoms with van der Waals surface area (Å²) >= 11 is 5.81. The molecule has 0 aliphatic carbocycles. The van der Waals surface area contributed by atoms with E-state index in [2.05, 4.69) is 10.6 Å². The maximum Gasteiger partial charge on any atom is 0.260 e. The maximum atomic E-state index is 12.0. The number of amides is 2. The Morgan fingerprint density at radius 3 is 2.32 bits per heavy atom. The van der Waals surface area contributed by atoms with Gasteiger partial charge < -0.3 is 24.8 Å². The third kappa shape index (κ3) is 7.00. The number of hydrogen-bond donors (Lipinski definition) is 2. The van der Waals surface area contributed by atoms with E-state index in [0.717, 1.165) is 0 Å². The highest BCUT2D eigenvalue weighted by molar-refractivity contribution is 6.30. The van der Waals surface area contributed by atoms with Crippen molar-refractivity contribution >= 4 is 23.4 Å². The predicted octanol–water partition coefficient (Wildman–Crippen LogP) is 2.43. The summed E-state index contributed by atoms with van der Waals surface area (Å²) in [5.41, 5.74) is 0. The van der Waals surface area contributed by atoms with Crippen molar-refractivity contribution in [3.05, 3.63) is 53.6 Å². The SMILES string of the molecule is COc1ccccc1OCC(=O)NCCNC(=O)C(C)Oc1ccc(Cl)cc1. The number of halogens is 1. The quantitative estimate of drug-likeness (QED) is 0.592. The lowest BCUT2D eigenvalue weighted by Crippen LogP contribution is -2.41. The van der Waals surface area contributed by atoms with Crippen LogP contribution in [0, 0.1) is 0 Å². The summed E-state index contributed by atoms with van der Waals surface area (Å²) in [5, 5.41) is 5.95. The first-order valence-corrected chi connectivity index (χ1v) is 9.10. The normalized spacial score (nSPS) is 11.2. The van der Waals surface area contributed by atoms with Gasteiger partial charge in [0.25, 0.3) is 11.8 Å². The molecule has 8 heteroatoms. The molecule has 0 spiro atoms. The molecule has 0 saturated carbocycles. The molecule has 0 bridgehead atoms. The third-order valence-electron chi connectivity index (χ3n) is 3.67. The fourth-order valence-electron chi connectivity index (χ4n) is 2.23. The highest BCUT2D eigenvalue weighted by atomic mass is 35.5. The molecule has 0 radical (unpaired) electrons. The van der Waals surface area contributed by atoms with Crippen LogP contribution in [-0.4, -0.2) is 44.7 Å². The number of hydrogen-bond acceptors (Lipinski definition) is 5. The van der Waals surface area contributed by atoms with Crippen molar-refractivity contribution in [2.24, 2.45) is 0 Å². The van der Waals surface area contributed by atoms with Crippen molar-refractivity contribution in [1.29, 1.82) is 0 Å². The fourth-order valence-corrected chi connectivity index (χ4v) is 2.36. The van der Waals surface area contributed by atoms with Crippen LogP contribution in [0.25, 0.3) is 0 Å². The molecule has 0 saturated heterocycles. The minimum Gasteiger partial charge on any atom is -0.493 e. The van der Waals surface area contributed by atoms with Crippen LogP contribution in [0.5, 0.6) is 17.2 Å². The van der Waals surface area contributed by atoms with Crippen LogP contribution in [-0.2, 0) is 9.59 Å². The summed E-state index contributed by atoms with van der Waals surface area (Å²) in [5.74, 6) is 1.01. The molecular weight excluding hydrogens is 384 g/mol. The number of carbonyl (C=O) groups is 2. The average molecular weight is 407 g/mol. The van der Waals surface area contributed by atoms with Crippen molar-refractivity contribution in [3.63, 3.8) is 0 Å². The molecule has 28 heavy (non-hydrogen) atoms. The van der Waals surface area contributed by atoms with E-state index in [-0.39, 0.29) is 31.5 Å². The Kier molecular flexibility index (Phi) is 8.42. The first-order valence-electron chi connectivity index (χ1n) is 8.72. The number of methoxy groups -OCH3 is 1. The molecule has 1 unspecified atom stereocenters. The van der Waals surface area contributed by atoms with Gasteiger partial charge in [-0.3, -0.25) is 9.59 Å². The number of para-hydroxylation sites is 2. The molecule has 2 N–H and O–H groups in total. The van der Waals surface area contributed by atoms with Crippen molar-refractivity contribution in [1.82, 2.24) is 10.6 Å². The number of rotatable bonds is 10. The van der Waals surface area contributed by atoms with E-state index in [1.54, 1.807) is 49.4 Å². The Morgan fingerprint density at radius 1 is 1.00 bits per heavy atom. The summed E-state index contributed by atoms with van der Waals surface area (Å²) in [6.45, 7) is 2.04. The summed E-state index contributed by atoms with van der Waals surface area (Å²) < 4.78 is 16.1. The molecule has 2 aromatic carbocycles. The first-order chi connectivity index (χ1) is 13.5. The molecule has 0 aliphatic rings. The Hall–Kier alpha value is -2.93. The molecular formula is C20H23ClN2O5. The molecule has 2 aromatic rings. The van der Waals surface area contributed by atoms with E-state index in [4.69, 9.17) is 25.8 Å². The standard InChI is InChI=1S/C20H23ClN2O5/c1-14(28-16-9-7-15(21)8-10-16)20(25)23-12-11-22-19(24)13-27-18-6-4-3-5-17(18)26-2/h3-10,14H,11-13H2,1-2H3,(H,22,24)(H,23,25). The molecule has 0 heterocycles. The lowest BCUT2D eigenvalue weighted by Gasteiger charge is -2.15. The smallest absolute Gasteiger partial charge is 0.260 e. The van der Waals surface area contributed by atoms with E-state index in [9.17, 15) is 9.59 Å². The second-order valence-electron chi connectivity index (χ2n) is 5.79. The zero-order valence-electron chi connectivity index (χ0n) is 15.7. The molecule has 0 aromatic heterocycles. The summed E-state index contributed by atoms with van der Waals surface area (Å²) in [7, 11) is 1.53. The van der Waals surface area contributed by atoms with Gasteiger partial charge in [0.05, 0.1) is 7.11 Å². The van der Waals surface area contributed by atoms with Gasteiger partial charge in [0.2, 0.25) is 0 Å². The zero-order valence-corrected chi connectivity index (χ0v) is 16.5. The zero-order chi connectivity index (χ0) is 20.4. The number of nitrogens with one attached hydrogen (secondary N) is 2. The topological polar surface area (TPSA) is 85.9 Å². The highest BCUT2D eigenvalue weighted by Gasteiger charge is 2.14. The lowest BCUT2D eigenvalue weighted by atomic mass is 10.3. The third-order valence-corrected chi connectivity index (χ3v) is 3.92. The van der Waals surface area contributed by atoms with Gasteiger partial charge in [-0.2, -0.15) is 0 Å². The van der Waals surface area contributed by atoms with Gasteiger partial charge in [-0.25, -0.2) is 0 Å². The van der Waals surface area contributed by atoms with Gasteiger partial charge >= 0.3 is 0 Å². The van der Waals surface area contributed by atoms with Crippen LogP contribution >= 0.6 is 11.6 Å². The second-order valence-corrected chi connectivity index (χ2v) is 6.23. The van der Waals surface area contributed by atoms with Gasteiger partial charge in [0.1, 0.15) is 5.75 Å². The van der Waals surface area contributed by atoms with Gasteiger partial charge in [0.15, 0.2) is 24.2 Å². The highest BCUT2D eigenvalue weighted by Crippen LogP contribution is 2.25. The van der Waals surface area contributed by atoms with Crippen LogP contribution in [0.4, 0.5) is 0 Å². The van der Waals surface area contributed by atoms with Crippen LogP contribution in [0.3, 0.4) is 0 Å². The molecule has 2 amide bonds. The summed E-state index contributed by atoms with van der Waals surface area (Å²) in [4.78, 5) is 23.9. The summed E-state index contributed by atoms with van der Waals surface area (Å²) in [6.07, 6.45) is -0.675. The summed E-state index contributed by atoms with van der Waals surface area (Å²) in [6, 6.07) is 13.8. The van der Waals surface area contributed by atoms with Gasteiger partial charge in [-0.15, -0.1) is 0 Å². The van der Waals surface area contributed by atoms with Gasteiger partial charge in [-0.05, 0) is 43.3 Å². The Labute approximate surface area is 168 Å². The molecule has 7 nitrogen and oxygen atoms in total. The van der Waals surface area contributed by atoms with Crippen molar-refractivity contribution in [3.8, 4) is 17.2 Å². The first kappa shape index (κ1) is 21.4. The van der Waals surface area contributed by atoms with E-state index < -0.39 is 6.10 Å². The minimum absolute atomic E-state index is 0.148. The van der Waals surface area contributed by atoms with Crippen molar-refractivity contribution in [2.45, 2.75) is 13.0 Å². The minimum atomic E-state index is -0.675. The molecule has 150 valence electrons. The van der Waals surface area contributed by atoms with Crippen LogP contribution in [0.2, 0.25) is 5.02 Å². The van der Waals surface area contributed by atoms with E-state index in [1.807, 2.05) is 6.07 Å². The predicted molar refractivity (Wildman–Crippen MR) is 106 cm³/mol. The number of carbonyl (C=O) groups excluding carboxylic acids is 2. The van der Waals surface area contributed by atoms with Gasteiger partial charge in [-0.1, -0.05) is 23.7 Å². The van der Waals surface area contributed by atoms with Crippen LogP contribution < -0.4 is 24.8 Å². The van der Waals surface area contributed by atoms with E-state index in [1.165, 1.54) is 7.11 Å².